The molecule has 0 spiro atoms. The van der Waals surface area contributed by atoms with Crippen molar-refractivity contribution in [2.45, 2.75) is 0 Å². The van der Waals surface area contributed by atoms with Crippen LogP contribution in [-0.4, -0.2) is 11.7 Å². The third-order valence-corrected chi connectivity index (χ3v) is 0.0430. The van der Waals surface area contributed by atoms with Gasteiger partial charge >= 0.3 is 41.5 Å². The van der Waals surface area contributed by atoms with Gasteiger partial charge in [0.1, 0.15) is 0 Å². The molecule has 0 aliphatic rings. The van der Waals surface area contributed by atoms with E-state index >= 15 is 0 Å². The molecule has 0 aromatic carbocycles. The van der Waals surface area contributed by atoms with Crippen molar-refractivity contribution in [1.82, 2.24) is 0 Å². The SMILES string of the molecule is O=COO.[Cl][Pd][Cl]. The fourth-order valence-corrected chi connectivity index (χ4v) is 0. The van der Waals surface area contributed by atoms with Crippen molar-refractivity contribution < 1.29 is 30.9 Å². The van der Waals surface area contributed by atoms with Gasteiger partial charge in [-0.05, 0) is 0 Å². The van der Waals surface area contributed by atoms with E-state index in [1.54, 1.807) is 0 Å². The minimum atomic E-state index is -0.106. The van der Waals surface area contributed by atoms with Gasteiger partial charge in [-0.3, -0.25) is 4.79 Å². The second kappa shape index (κ2) is 15.9. The van der Waals surface area contributed by atoms with Crippen LogP contribution in [0, 0.1) is 0 Å². The molecule has 0 saturated heterocycles. The fraction of sp³-hybridized carbons (Fsp3) is 0. The van der Waals surface area contributed by atoms with E-state index in [2.05, 4.69) is 4.89 Å². The first-order valence-corrected chi connectivity index (χ1v) is 4.90. The van der Waals surface area contributed by atoms with Crippen LogP contribution in [-0.2, 0) is 25.6 Å². The Bertz CT molecular complexity index is 34.1. The molecule has 1 N–H and O–H groups in total. The molecule has 0 saturated carbocycles. The summed E-state index contributed by atoms with van der Waals surface area (Å²) in [4.78, 5) is 11.6. The molecule has 0 heterocycles. The molecule has 48 valence electrons. The van der Waals surface area contributed by atoms with Gasteiger partial charge in [0.25, 0.3) is 0 Å². The zero-order chi connectivity index (χ0) is 6.12. The predicted octanol–water partition coefficient (Wildman–Crippen LogP) is 1.01. The van der Waals surface area contributed by atoms with E-state index in [1.807, 2.05) is 0 Å². The van der Waals surface area contributed by atoms with Crippen LogP contribution in [0.4, 0.5) is 0 Å². The molecule has 0 bridgehead atoms. The van der Waals surface area contributed by atoms with E-state index in [0.29, 0.717) is 0 Å². The summed E-state index contributed by atoms with van der Waals surface area (Å²) in [5.74, 6) is 0. The number of carbonyl (C=O) groups is 1. The Morgan fingerprint density at radius 3 is 1.86 bits per heavy atom. The first kappa shape index (κ1) is 10.6. The van der Waals surface area contributed by atoms with Crippen LogP contribution in [0.3, 0.4) is 0 Å². The Morgan fingerprint density at radius 1 is 1.71 bits per heavy atom. The van der Waals surface area contributed by atoms with E-state index in [9.17, 15) is 0 Å². The van der Waals surface area contributed by atoms with Crippen LogP contribution < -0.4 is 0 Å². The summed E-state index contributed by atoms with van der Waals surface area (Å²) in [5.41, 5.74) is 0. The van der Waals surface area contributed by atoms with Crippen molar-refractivity contribution in [3.63, 3.8) is 0 Å². The van der Waals surface area contributed by atoms with Crippen molar-refractivity contribution in [3.05, 3.63) is 0 Å². The average Bonchev–Trinajstić information content (AvgIpc) is 1.69. The van der Waals surface area contributed by atoms with Gasteiger partial charge in [-0.25, -0.2) is 5.26 Å². The maximum atomic E-state index is 8.70. The van der Waals surface area contributed by atoms with Gasteiger partial charge in [-0.1, -0.05) is 0 Å². The van der Waals surface area contributed by atoms with Gasteiger partial charge in [-0.2, -0.15) is 0 Å². The van der Waals surface area contributed by atoms with E-state index in [-0.39, 0.29) is 22.4 Å². The standard InChI is InChI=1S/CH2O3.2ClH.Pd/c2-1-4-3;;;/h1,3H;2*1H;/q;;;+2/p-2. The average molecular weight is 239 g/mol. The van der Waals surface area contributed by atoms with Gasteiger partial charge in [-0.15, -0.1) is 0 Å². The number of rotatable bonds is 1. The van der Waals surface area contributed by atoms with Crippen LogP contribution in [0.5, 0.6) is 0 Å². The Hall–Kier alpha value is 0.672. The van der Waals surface area contributed by atoms with Gasteiger partial charge in [0.2, 0.25) is 0 Å². The van der Waals surface area contributed by atoms with Crippen LogP contribution in [0.25, 0.3) is 0 Å². The van der Waals surface area contributed by atoms with Crippen LogP contribution in [0.15, 0.2) is 0 Å². The molecule has 7 heavy (non-hydrogen) atoms. The summed E-state index contributed by atoms with van der Waals surface area (Å²) in [6, 6.07) is 0. The second-order valence-electron chi connectivity index (χ2n) is 0.247. The quantitative estimate of drug-likeness (QED) is 0.321. The number of carbonyl (C=O) groups excluding carboxylic acids is 1. The van der Waals surface area contributed by atoms with Crippen LogP contribution >= 0.6 is 19.1 Å². The molecule has 0 unspecified atom stereocenters. The monoisotopic (exact) mass is 238 g/mol. The summed E-state index contributed by atoms with van der Waals surface area (Å²) in [7, 11) is 9.63. The van der Waals surface area contributed by atoms with E-state index in [0.717, 1.165) is 0 Å². The van der Waals surface area contributed by atoms with Gasteiger partial charge in [0, 0.05) is 0 Å². The molecule has 0 aliphatic heterocycles. The zero-order valence-electron chi connectivity index (χ0n) is 2.91. The molecule has 0 aromatic rings. The molecule has 0 radical (unpaired) electrons. The van der Waals surface area contributed by atoms with Crippen LogP contribution in [0.2, 0.25) is 0 Å². The molecule has 3 nitrogen and oxygen atoms in total. The molecule has 6 heteroatoms. The molecule has 0 amide bonds. The van der Waals surface area contributed by atoms with Crippen molar-refractivity contribution in [1.29, 1.82) is 0 Å². The minimum absolute atomic E-state index is 0.0694. The molecular formula is CH2Cl2O3Pd. The van der Waals surface area contributed by atoms with Crippen LogP contribution in [0.1, 0.15) is 0 Å². The first-order chi connectivity index (χ1) is 3.33. The predicted molar refractivity (Wildman–Crippen MR) is 21.5 cm³/mol. The Balaban J connectivity index is 0. The van der Waals surface area contributed by atoms with Crippen molar-refractivity contribution >= 4 is 25.5 Å². The van der Waals surface area contributed by atoms with Crippen molar-refractivity contribution in [2.24, 2.45) is 0 Å². The van der Waals surface area contributed by atoms with E-state index in [1.165, 1.54) is 0 Å². The molecule has 0 aromatic heterocycles. The number of hydrogen-bond donors (Lipinski definition) is 1. The molecular weight excluding hydrogens is 237 g/mol. The van der Waals surface area contributed by atoms with Crippen molar-refractivity contribution in [2.75, 3.05) is 0 Å². The third kappa shape index (κ3) is 52.1. The maximum absolute atomic E-state index is 8.70. The summed E-state index contributed by atoms with van der Waals surface area (Å²) in [6.07, 6.45) is 0. The third-order valence-electron chi connectivity index (χ3n) is 0.0430. The summed E-state index contributed by atoms with van der Waals surface area (Å²) in [5, 5.41) is 7.01. The first-order valence-electron chi connectivity index (χ1n) is 0.893. The normalized spacial score (nSPS) is 6.14. The number of hydrogen-bond acceptors (Lipinski definition) is 3. The number of halogens is 2. The molecule has 0 aliphatic carbocycles. The Labute approximate surface area is 56.6 Å². The molecule has 0 fully saturated rings. The van der Waals surface area contributed by atoms with Crippen molar-refractivity contribution in [3.8, 4) is 0 Å². The van der Waals surface area contributed by atoms with E-state index in [4.69, 9.17) is 29.1 Å². The molecule has 0 atom stereocenters. The molecule has 0 rings (SSSR count). The van der Waals surface area contributed by atoms with E-state index < -0.39 is 0 Å². The van der Waals surface area contributed by atoms with Gasteiger partial charge < -0.3 is 4.89 Å². The Morgan fingerprint density at radius 2 is 1.86 bits per heavy atom. The Kier molecular flexibility index (Phi) is 24.1. The van der Waals surface area contributed by atoms with Gasteiger partial charge in [0.05, 0.1) is 0 Å². The van der Waals surface area contributed by atoms with Gasteiger partial charge in [0.15, 0.2) is 0 Å². The summed E-state index contributed by atoms with van der Waals surface area (Å²) >= 11 is -0.106. The zero-order valence-corrected chi connectivity index (χ0v) is 5.98. The topological polar surface area (TPSA) is 46.5 Å². The summed E-state index contributed by atoms with van der Waals surface area (Å²) < 4.78 is 0. The second-order valence-corrected chi connectivity index (χ2v) is 2.61. The fourth-order valence-electron chi connectivity index (χ4n) is 0. The summed E-state index contributed by atoms with van der Waals surface area (Å²) in [6.45, 7) is -0.0694.